The number of rotatable bonds is 6. The molecule has 3 aromatic rings. The molecule has 1 fully saturated rings. The van der Waals surface area contributed by atoms with E-state index in [-0.39, 0.29) is 30.6 Å². The number of halogens is 4. The zero-order chi connectivity index (χ0) is 26.9. The molecule has 0 unspecified atom stereocenters. The molecular formula is C25H26F4N6O2S. The Morgan fingerprint density at radius 2 is 1.95 bits per heavy atom. The fraction of sp³-hybridized carbons (Fsp3) is 0.440. The maximum atomic E-state index is 13.4. The molecule has 1 aliphatic heterocycles. The average Bonchev–Trinajstić information content (AvgIpc) is 3.48. The van der Waals surface area contributed by atoms with Crippen molar-refractivity contribution < 1.29 is 27.2 Å². The molecule has 13 heteroatoms. The number of fused-ring (bicyclic) bond motifs is 1. The van der Waals surface area contributed by atoms with Gasteiger partial charge < -0.3 is 14.6 Å². The monoisotopic (exact) mass is 550 g/mol. The van der Waals surface area contributed by atoms with Crippen LogP contribution in [0.25, 0.3) is 0 Å². The number of nitrogens with zero attached hydrogens (tertiary/aromatic N) is 6. The van der Waals surface area contributed by atoms with Gasteiger partial charge in [0.25, 0.3) is 0 Å². The highest BCUT2D eigenvalue weighted by atomic mass is 32.1. The molecule has 2 aliphatic rings. The van der Waals surface area contributed by atoms with Gasteiger partial charge in [-0.15, -0.1) is 0 Å². The lowest BCUT2D eigenvalue weighted by atomic mass is 10.0. The van der Waals surface area contributed by atoms with Gasteiger partial charge in [-0.3, -0.25) is 9.48 Å². The first-order valence-corrected chi connectivity index (χ1v) is 13.1. The van der Waals surface area contributed by atoms with E-state index in [9.17, 15) is 22.4 Å². The number of aryl methyl sites for hydroxylation is 2. The van der Waals surface area contributed by atoms with Crippen LogP contribution < -0.4 is 4.90 Å². The molecule has 2 aromatic heterocycles. The number of thiazole rings is 1. The summed E-state index contributed by atoms with van der Waals surface area (Å²) >= 11 is 1.54. The number of hydrogen-bond donors (Lipinski definition) is 0. The van der Waals surface area contributed by atoms with Gasteiger partial charge in [0.15, 0.2) is 10.8 Å². The van der Waals surface area contributed by atoms with Crippen LogP contribution in [-0.2, 0) is 35.4 Å². The van der Waals surface area contributed by atoms with Crippen LogP contribution in [0, 0.1) is 12.7 Å². The standard InChI is InChI=1S/C25H26F4N6O2S/c1-16-12-21(25(27,28)29)31-35(16)14-22(36)33-8-10-34(11-9-33)24-30-19-6-3-7-20(23(19)38-24)32-37-15-17-4-2-5-18(26)13-17/h2,4-5,12-13H,3,6-11,14-15H2,1H3. The molecule has 5 rings (SSSR count). The number of carbonyl (C=O) groups excluding carboxylic acids is 1. The summed E-state index contributed by atoms with van der Waals surface area (Å²) in [5, 5.41) is 8.72. The molecule has 38 heavy (non-hydrogen) atoms. The van der Waals surface area contributed by atoms with Crippen LogP contribution in [0.5, 0.6) is 0 Å². The molecule has 1 saturated heterocycles. The second-order valence-electron chi connectivity index (χ2n) is 9.26. The van der Waals surface area contributed by atoms with Gasteiger partial charge in [0.05, 0.1) is 16.3 Å². The van der Waals surface area contributed by atoms with Crippen molar-refractivity contribution >= 4 is 28.1 Å². The summed E-state index contributed by atoms with van der Waals surface area (Å²) in [5.74, 6) is -0.590. The van der Waals surface area contributed by atoms with Crippen LogP contribution in [-0.4, -0.2) is 57.5 Å². The number of hydrogen-bond acceptors (Lipinski definition) is 7. The van der Waals surface area contributed by atoms with Gasteiger partial charge in [-0.25, -0.2) is 9.37 Å². The Labute approximate surface area is 220 Å². The fourth-order valence-corrected chi connectivity index (χ4v) is 5.66. The smallest absolute Gasteiger partial charge is 0.391 e. The molecule has 0 atom stereocenters. The van der Waals surface area contributed by atoms with Gasteiger partial charge in [-0.1, -0.05) is 28.6 Å². The molecule has 0 radical (unpaired) electrons. The van der Waals surface area contributed by atoms with Crippen LogP contribution >= 0.6 is 11.3 Å². The van der Waals surface area contributed by atoms with E-state index in [4.69, 9.17) is 9.82 Å². The lowest BCUT2D eigenvalue weighted by Crippen LogP contribution is -2.49. The summed E-state index contributed by atoms with van der Waals surface area (Å²) in [6.07, 6.45) is -2.03. The summed E-state index contributed by atoms with van der Waals surface area (Å²) in [6, 6.07) is 7.15. The number of carbonyl (C=O) groups is 1. The largest absolute Gasteiger partial charge is 0.435 e. The van der Waals surface area contributed by atoms with Crippen LogP contribution in [0.15, 0.2) is 35.5 Å². The van der Waals surface area contributed by atoms with Crippen LogP contribution in [0.3, 0.4) is 0 Å². The second kappa shape index (κ2) is 10.7. The summed E-state index contributed by atoms with van der Waals surface area (Å²) < 4.78 is 53.3. The summed E-state index contributed by atoms with van der Waals surface area (Å²) in [6.45, 7) is 3.44. The van der Waals surface area contributed by atoms with E-state index in [0.29, 0.717) is 31.7 Å². The fourth-order valence-electron chi connectivity index (χ4n) is 4.49. The normalized spacial score (nSPS) is 17.1. The molecule has 202 valence electrons. The summed E-state index contributed by atoms with van der Waals surface area (Å²) in [4.78, 5) is 27.8. The van der Waals surface area contributed by atoms with Gasteiger partial charge in [0, 0.05) is 31.9 Å². The van der Waals surface area contributed by atoms with Crippen molar-refractivity contribution in [2.75, 3.05) is 31.1 Å². The Kier molecular flexibility index (Phi) is 7.37. The number of anilines is 1. The maximum absolute atomic E-state index is 13.4. The summed E-state index contributed by atoms with van der Waals surface area (Å²) in [7, 11) is 0. The molecule has 8 nitrogen and oxygen atoms in total. The highest BCUT2D eigenvalue weighted by Crippen LogP contribution is 2.33. The number of aromatic nitrogens is 3. The van der Waals surface area contributed by atoms with Crippen molar-refractivity contribution in [3.8, 4) is 0 Å². The van der Waals surface area contributed by atoms with Gasteiger partial charge in [-0.05, 0) is 49.9 Å². The highest BCUT2D eigenvalue weighted by molar-refractivity contribution is 7.17. The van der Waals surface area contributed by atoms with Crippen molar-refractivity contribution in [1.29, 1.82) is 0 Å². The predicted molar refractivity (Wildman–Crippen MR) is 134 cm³/mol. The van der Waals surface area contributed by atoms with Crippen LogP contribution in [0.4, 0.5) is 22.7 Å². The number of amides is 1. The lowest BCUT2D eigenvalue weighted by Gasteiger charge is -2.34. The third kappa shape index (κ3) is 5.82. The quantitative estimate of drug-likeness (QED) is 0.336. The Morgan fingerprint density at radius 3 is 2.66 bits per heavy atom. The van der Waals surface area contributed by atoms with Crippen LogP contribution in [0.1, 0.15) is 40.4 Å². The Morgan fingerprint density at radius 1 is 1.16 bits per heavy atom. The molecule has 0 saturated carbocycles. The molecule has 1 aromatic carbocycles. The van der Waals surface area contributed by atoms with Crippen molar-refractivity contribution in [1.82, 2.24) is 19.7 Å². The summed E-state index contributed by atoms with van der Waals surface area (Å²) in [5.41, 5.74) is 1.79. The zero-order valence-corrected chi connectivity index (χ0v) is 21.5. The molecular weight excluding hydrogens is 524 g/mol. The minimum atomic E-state index is -4.55. The minimum Gasteiger partial charge on any atom is -0.391 e. The first-order valence-electron chi connectivity index (χ1n) is 12.2. The van der Waals surface area contributed by atoms with E-state index in [1.807, 2.05) is 0 Å². The Hall–Kier alpha value is -3.48. The number of oxime groups is 1. The Balaban J connectivity index is 1.18. The van der Waals surface area contributed by atoms with Gasteiger partial charge in [0.2, 0.25) is 5.91 Å². The first-order chi connectivity index (χ1) is 18.2. The average molecular weight is 551 g/mol. The van der Waals surface area contributed by atoms with Gasteiger partial charge in [-0.2, -0.15) is 18.3 Å². The number of piperazine rings is 1. The third-order valence-corrected chi connectivity index (χ3v) is 7.74. The third-order valence-electron chi connectivity index (χ3n) is 6.53. The van der Waals surface area contributed by atoms with Crippen LogP contribution in [0.2, 0.25) is 0 Å². The van der Waals surface area contributed by atoms with E-state index in [1.54, 1.807) is 17.0 Å². The Bertz CT molecular complexity index is 1340. The second-order valence-corrected chi connectivity index (χ2v) is 10.2. The lowest BCUT2D eigenvalue weighted by molar-refractivity contribution is -0.142. The van der Waals surface area contributed by atoms with Crippen molar-refractivity contribution in [2.24, 2.45) is 5.16 Å². The molecule has 3 heterocycles. The van der Waals surface area contributed by atoms with Gasteiger partial charge >= 0.3 is 6.18 Å². The highest BCUT2D eigenvalue weighted by Gasteiger charge is 2.35. The molecule has 1 aliphatic carbocycles. The van der Waals surface area contributed by atoms with Gasteiger partial charge in [0.1, 0.15) is 19.0 Å². The number of benzene rings is 1. The van der Waals surface area contributed by atoms with E-state index in [1.165, 1.54) is 30.4 Å². The molecule has 0 N–H and O–H groups in total. The first kappa shape index (κ1) is 26.1. The molecule has 0 bridgehead atoms. The molecule has 1 amide bonds. The number of alkyl halides is 3. The van der Waals surface area contributed by atoms with Crippen molar-refractivity contribution in [3.63, 3.8) is 0 Å². The topological polar surface area (TPSA) is 75.9 Å². The van der Waals surface area contributed by atoms with E-state index < -0.39 is 11.9 Å². The van der Waals surface area contributed by atoms with E-state index in [2.05, 4.69) is 15.2 Å². The molecule has 0 spiro atoms. The predicted octanol–water partition coefficient (Wildman–Crippen LogP) is 4.41. The van der Waals surface area contributed by atoms with Crippen molar-refractivity contribution in [3.05, 3.63) is 63.7 Å². The van der Waals surface area contributed by atoms with Crippen molar-refractivity contribution in [2.45, 2.75) is 45.5 Å². The maximum Gasteiger partial charge on any atom is 0.435 e. The van der Waals surface area contributed by atoms with E-state index in [0.717, 1.165) is 51.4 Å². The van der Waals surface area contributed by atoms with E-state index >= 15 is 0 Å². The minimum absolute atomic E-state index is 0.174. The zero-order valence-electron chi connectivity index (χ0n) is 20.7. The SMILES string of the molecule is Cc1cc(C(F)(F)F)nn1CC(=O)N1CCN(c2nc3c(s2)C(=NOCc2cccc(F)c2)CCC3)CC1.